The van der Waals surface area contributed by atoms with Gasteiger partial charge in [0.1, 0.15) is 13.2 Å². The predicted molar refractivity (Wildman–Crippen MR) is 82.6 cm³/mol. The Morgan fingerprint density at radius 2 is 2.17 bits per heavy atom. The Hall–Kier alpha value is -2.74. The largest absolute Gasteiger partial charge is 0.486 e. The van der Waals surface area contributed by atoms with Gasteiger partial charge in [0.05, 0.1) is 12.3 Å². The zero-order chi connectivity index (χ0) is 16.2. The number of urea groups is 1. The molecular formula is C15H18N4O4. The summed E-state index contributed by atoms with van der Waals surface area (Å²) in [5.74, 6) is 1.26. The first-order valence-electron chi connectivity index (χ1n) is 7.23. The van der Waals surface area contributed by atoms with E-state index in [2.05, 4.69) is 15.7 Å². The Morgan fingerprint density at radius 3 is 2.91 bits per heavy atom. The molecule has 8 nitrogen and oxygen atoms in total. The molecule has 1 aliphatic rings. The molecule has 0 unspecified atom stereocenters. The highest BCUT2D eigenvalue weighted by Gasteiger charge is 2.14. The van der Waals surface area contributed by atoms with Crippen molar-refractivity contribution in [1.82, 2.24) is 15.1 Å². The Bertz CT molecular complexity index is 701. The summed E-state index contributed by atoms with van der Waals surface area (Å²) in [5.41, 5.74) is 1.23. The van der Waals surface area contributed by atoms with E-state index in [9.17, 15) is 9.90 Å². The van der Waals surface area contributed by atoms with Gasteiger partial charge in [0.2, 0.25) is 0 Å². The number of nitrogens with zero attached hydrogens (tertiary/aromatic N) is 2. The number of amides is 2. The molecule has 0 saturated carbocycles. The zero-order valence-electron chi connectivity index (χ0n) is 12.7. The van der Waals surface area contributed by atoms with Gasteiger partial charge in [0.15, 0.2) is 11.5 Å². The van der Waals surface area contributed by atoms with E-state index < -0.39 is 12.1 Å². The smallest absolute Gasteiger partial charge is 0.319 e. The molecular weight excluding hydrogens is 300 g/mol. The van der Waals surface area contributed by atoms with E-state index in [1.807, 2.05) is 0 Å². The maximum absolute atomic E-state index is 11.9. The molecule has 1 atom stereocenters. The van der Waals surface area contributed by atoms with Crippen molar-refractivity contribution < 1.29 is 19.4 Å². The number of carbonyl (C=O) groups excluding carboxylic acids is 1. The van der Waals surface area contributed by atoms with Crippen LogP contribution >= 0.6 is 0 Å². The number of hydrogen-bond donors (Lipinski definition) is 3. The second-order valence-electron chi connectivity index (χ2n) is 5.16. The van der Waals surface area contributed by atoms with Gasteiger partial charge in [0.25, 0.3) is 0 Å². The molecule has 0 fully saturated rings. The summed E-state index contributed by atoms with van der Waals surface area (Å²) in [7, 11) is 1.76. The van der Waals surface area contributed by atoms with Gasteiger partial charge in [-0.05, 0) is 12.1 Å². The number of fused-ring (bicyclic) bond motifs is 1. The van der Waals surface area contributed by atoms with E-state index in [4.69, 9.17) is 9.47 Å². The third kappa shape index (κ3) is 3.72. The van der Waals surface area contributed by atoms with Gasteiger partial charge in [-0.25, -0.2) is 4.79 Å². The van der Waals surface area contributed by atoms with Crippen LogP contribution in [0.1, 0.15) is 11.7 Å². The number of ether oxygens (including phenoxy) is 2. The third-order valence-electron chi connectivity index (χ3n) is 3.37. The first-order valence-corrected chi connectivity index (χ1v) is 7.23. The van der Waals surface area contributed by atoms with Crippen LogP contribution in [0.25, 0.3) is 0 Å². The monoisotopic (exact) mass is 318 g/mol. The van der Waals surface area contributed by atoms with E-state index in [0.717, 1.165) is 0 Å². The number of rotatable bonds is 4. The van der Waals surface area contributed by atoms with Crippen LogP contribution in [0, 0.1) is 0 Å². The molecule has 3 N–H and O–H groups in total. The second-order valence-corrected chi connectivity index (χ2v) is 5.16. The van der Waals surface area contributed by atoms with Crippen LogP contribution in [0.3, 0.4) is 0 Å². The highest BCUT2D eigenvalue weighted by atomic mass is 16.6. The second kappa shape index (κ2) is 6.57. The molecule has 1 aliphatic heterocycles. The fourth-order valence-corrected chi connectivity index (χ4v) is 2.22. The summed E-state index contributed by atoms with van der Waals surface area (Å²) in [6.45, 7) is 1.09. The van der Waals surface area contributed by atoms with E-state index in [-0.39, 0.29) is 6.54 Å². The number of aliphatic hydroxyl groups is 1. The van der Waals surface area contributed by atoms with Crippen molar-refractivity contribution in [3.63, 3.8) is 0 Å². The molecule has 0 saturated heterocycles. The molecule has 122 valence electrons. The van der Waals surface area contributed by atoms with Gasteiger partial charge in [-0.3, -0.25) is 4.68 Å². The fourth-order valence-electron chi connectivity index (χ4n) is 2.22. The molecule has 0 aliphatic carbocycles. The van der Waals surface area contributed by atoms with Crippen LogP contribution in [0.4, 0.5) is 10.5 Å². The van der Waals surface area contributed by atoms with Crippen molar-refractivity contribution >= 4 is 11.7 Å². The standard InChI is InChI=1S/C15H18N4O4/c1-19-9-10(7-17-19)12(20)8-16-15(21)18-11-2-3-13-14(6-11)23-5-4-22-13/h2-3,6-7,9,12,20H,4-5,8H2,1H3,(H2,16,18,21)/t12-/m0/s1. The lowest BCUT2D eigenvalue weighted by Crippen LogP contribution is -2.32. The topological polar surface area (TPSA) is 97.6 Å². The van der Waals surface area contributed by atoms with Gasteiger partial charge in [-0.15, -0.1) is 0 Å². The van der Waals surface area contributed by atoms with Crippen molar-refractivity contribution in [1.29, 1.82) is 0 Å². The first kappa shape index (κ1) is 15.2. The lowest BCUT2D eigenvalue weighted by molar-refractivity contribution is 0.171. The minimum absolute atomic E-state index is 0.0854. The lowest BCUT2D eigenvalue weighted by atomic mass is 10.2. The molecule has 0 bridgehead atoms. The zero-order valence-corrected chi connectivity index (χ0v) is 12.7. The SMILES string of the molecule is Cn1cc([C@@H](O)CNC(=O)Nc2ccc3c(c2)OCCO3)cn1. The summed E-state index contributed by atoms with van der Waals surface area (Å²) in [6, 6.07) is 4.76. The number of benzene rings is 1. The van der Waals surface area contributed by atoms with Crippen molar-refractivity contribution in [2.24, 2.45) is 7.05 Å². The maximum Gasteiger partial charge on any atom is 0.319 e. The first-order chi connectivity index (χ1) is 11.1. The summed E-state index contributed by atoms with van der Waals surface area (Å²) in [6.07, 6.45) is 2.45. The summed E-state index contributed by atoms with van der Waals surface area (Å²) < 4.78 is 12.5. The maximum atomic E-state index is 11.9. The van der Waals surface area contributed by atoms with Gasteiger partial charge in [-0.1, -0.05) is 0 Å². The number of hydrogen-bond acceptors (Lipinski definition) is 5. The summed E-state index contributed by atoms with van der Waals surface area (Å²) in [4.78, 5) is 11.9. The van der Waals surface area contributed by atoms with E-state index >= 15 is 0 Å². The molecule has 1 aromatic carbocycles. The van der Waals surface area contributed by atoms with Gasteiger partial charge >= 0.3 is 6.03 Å². The number of aromatic nitrogens is 2. The number of carbonyl (C=O) groups is 1. The molecule has 2 aromatic rings. The Balaban J connectivity index is 1.53. The lowest BCUT2D eigenvalue weighted by Gasteiger charge is -2.19. The minimum Gasteiger partial charge on any atom is -0.486 e. The molecule has 2 amide bonds. The third-order valence-corrected chi connectivity index (χ3v) is 3.37. The van der Waals surface area contributed by atoms with Crippen molar-refractivity contribution in [2.75, 3.05) is 25.1 Å². The molecule has 0 radical (unpaired) electrons. The van der Waals surface area contributed by atoms with Crippen LogP contribution in [0.15, 0.2) is 30.6 Å². The molecule has 1 aromatic heterocycles. The summed E-state index contributed by atoms with van der Waals surface area (Å²) in [5, 5.41) is 19.2. The van der Waals surface area contributed by atoms with Crippen LogP contribution < -0.4 is 20.1 Å². The average molecular weight is 318 g/mol. The van der Waals surface area contributed by atoms with Gasteiger partial charge in [0, 0.05) is 37.1 Å². The van der Waals surface area contributed by atoms with Crippen molar-refractivity contribution in [3.8, 4) is 11.5 Å². The van der Waals surface area contributed by atoms with Crippen molar-refractivity contribution in [2.45, 2.75) is 6.10 Å². The van der Waals surface area contributed by atoms with Gasteiger partial charge < -0.3 is 25.2 Å². The van der Waals surface area contributed by atoms with Crippen LogP contribution in [-0.2, 0) is 7.05 Å². The highest BCUT2D eigenvalue weighted by Crippen LogP contribution is 2.32. The predicted octanol–water partition coefficient (Wildman–Crippen LogP) is 1.05. The molecule has 23 heavy (non-hydrogen) atoms. The Labute approximate surface area is 133 Å². The fraction of sp³-hybridized carbons (Fsp3) is 0.333. The Kier molecular flexibility index (Phi) is 4.33. The van der Waals surface area contributed by atoms with Crippen molar-refractivity contribution in [3.05, 3.63) is 36.2 Å². The number of nitrogens with one attached hydrogen (secondary N) is 2. The van der Waals surface area contributed by atoms with Gasteiger partial charge in [-0.2, -0.15) is 5.10 Å². The van der Waals surface area contributed by atoms with E-state index in [1.54, 1.807) is 42.3 Å². The quantitative estimate of drug-likeness (QED) is 0.783. The minimum atomic E-state index is -0.810. The van der Waals surface area contributed by atoms with Crippen LogP contribution in [0.2, 0.25) is 0 Å². The Morgan fingerprint density at radius 1 is 1.39 bits per heavy atom. The molecule has 8 heteroatoms. The normalized spacial score (nSPS) is 14.2. The number of aliphatic hydroxyl groups excluding tert-OH is 1. The number of aryl methyl sites for hydroxylation is 1. The molecule has 3 rings (SSSR count). The van der Waals surface area contributed by atoms with Crippen LogP contribution in [0.5, 0.6) is 11.5 Å². The van der Waals surface area contributed by atoms with E-state index in [0.29, 0.717) is 36.0 Å². The molecule has 0 spiro atoms. The average Bonchev–Trinajstić information content (AvgIpc) is 2.99. The molecule has 2 heterocycles. The number of anilines is 1. The van der Waals surface area contributed by atoms with E-state index in [1.165, 1.54) is 0 Å². The van der Waals surface area contributed by atoms with Crippen LogP contribution in [-0.4, -0.2) is 40.7 Å². The summed E-state index contributed by atoms with van der Waals surface area (Å²) >= 11 is 0. The highest BCUT2D eigenvalue weighted by molar-refractivity contribution is 5.89.